The number of nitrogens with zero attached hydrogens (tertiary/aromatic N) is 4. The van der Waals surface area contributed by atoms with Crippen molar-refractivity contribution in [2.24, 2.45) is 11.8 Å². The van der Waals surface area contributed by atoms with Crippen LogP contribution in [0.25, 0.3) is 54.1 Å². The molecule has 3 aromatic heterocycles. The van der Waals surface area contributed by atoms with Crippen LogP contribution in [0.5, 0.6) is 0 Å². The molecule has 2 aliphatic rings. The minimum atomic E-state index is -1.25. The Kier molecular flexibility index (Phi) is 12.0. The number of methoxy groups -OCH3 is 2. The van der Waals surface area contributed by atoms with Gasteiger partial charge in [0, 0.05) is 28.3 Å². The van der Waals surface area contributed by atoms with Crippen molar-refractivity contribution in [1.29, 1.82) is 0 Å². The number of imidazole rings is 2. The number of amides is 4. The minimum absolute atomic E-state index is 0.0836. The van der Waals surface area contributed by atoms with E-state index in [1.165, 1.54) is 19.1 Å². The molecule has 5 unspecified atom stereocenters. The van der Waals surface area contributed by atoms with E-state index >= 15 is 4.39 Å². The highest BCUT2D eigenvalue weighted by atomic mass is 32.1. The van der Waals surface area contributed by atoms with Crippen molar-refractivity contribution >= 4 is 57.4 Å². The lowest BCUT2D eigenvalue weighted by molar-refractivity contribution is -0.136. The largest absolute Gasteiger partial charge is 0.453 e. The molecule has 0 aliphatic carbocycles. The number of aromatic amines is 2. The number of ether oxygens (including phenoxy) is 2. The topological polar surface area (TPSA) is 175 Å². The van der Waals surface area contributed by atoms with Gasteiger partial charge in [0.25, 0.3) is 0 Å². The Morgan fingerprint density at radius 2 is 1.31 bits per heavy atom. The van der Waals surface area contributed by atoms with E-state index in [1.807, 2.05) is 75.1 Å². The predicted molar refractivity (Wildman–Crippen MR) is 236 cm³/mol. The summed E-state index contributed by atoms with van der Waals surface area (Å²) in [6.07, 6.45) is -0.959. The van der Waals surface area contributed by atoms with Gasteiger partial charge in [-0.3, -0.25) is 9.59 Å². The number of H-pyrrole nitrogens is 2. The fourth-order valence-corrected chi connectivity index (χ4v) is 9.78. The number of carbonyl (C=O) groups is 4. The van der Waals surface area contributed by atoms with Gasteiger partial charge in [-0.15, -0.1) is 11.3 Å². The number of thiophene rings is 1. The maximum atomic E-state index is 15.1. The molecule has 5 heterocycles. The number of benzene rings is 3. The van der Waals surface area contributed by atoms with Crippen LogP contribution in [-0.4, -0.2) is 99.3 Å². The number of hydrogen-bond acceptors (Lipinski definition) is 9. The summed E-state index contributed by atoms with van der Waals surface area (Å²) < 4.78 is 24.6. The second-order valence-electron chi connectivity index (χ2n) is 16.7. The first-order valence-corrected chi connectivity index (χ1v) is 21.8. The predicted octanol–water partition coefficient (Wildman–Crippen LogP) is 8.54. The molecule has 4 amide bonds. The SMILES string of the molecule is COC(=O)NC(C(=O)N1CCCC1c1nc2ccc(-c3cc(-c4ccccc4)c(-c4ccc5nc(C6CC(F)CN6C(=O)C(NC(=O)OC)C(C)C)[nH]c5c4)s3)cc2[nH]1)C(C)C. The molecule has 324 valence electrons. The summed E-state index contributed by atoms with van der Waals surface area (Å²) in [6.45, 7) is 7.89. The Morgan fingerprint density at radius 3 is 1.90 bits per heavy atom. The van der Waals surface area contributed by atoms with Crippen LogP contribution in [0.4, 0.5) is 14.0 Å². The van der Waals surface area contributed by atoms with Gasteiger partial charge in [-0.1, -0.05) is 70.2 Å². The molecule has 0 radical (unpaired) electrons. The van der Waals surface area contributed by atoms with Gasteiger partial charge in [0.05, 0.1) is 54.9 Å². The molecule has 2 fully saturated rings. The highest BCUT2D eigenvalue weighted by Crippen LogP contribution is 2.45. The molecule has 3 aromatic carbocycles. The second-order valence-corrected chi connectivity index (χ2v) is 17.7. The van der Waals surface area contributed by atoms with Crippen LogP contribution in [0.1, 0.15) is 70.7 Å². The molecule has 5 atom stereocenters. The third-order valence-electron chi connectivity index (χ3n) is 11.8. The Balaban J connectivity index is 1.10. The smallest absolute Gasteiger partial charge is 0.407 e. The molecule has 4 N–H and O–H groups in total. The van der Waals surface area contributed by atoms with E-state index in [1.54, 1.807) is 11.3 Å². The number of aromatic nitrogens is 4. The first-order chi connectivity index (χ1) is 29.8. The van der Waals surface area contributed by atoms with E-state index in [2.05, 4.69) is 50.9 Å². The van der Waals surface area contributed by atoms with Gasteiger partial charge >= 0.3 is 12.2 Å². The number of alkyl carbamates (subject to hydrolysis) is 2. The van der Waals surface area contributed by atoms with Crippen molar-refractivity contribution in [2.45, 2.75) is 77.3 Å². The van der Waals surface area contributed by atoms with Crippen LogP contribution in [0.3, 0.4) is 0 Å². The Labute approximate surface area is 362 Å². The monoisotopic (exact) mass is 862 g/mol. The fourth-order valence-electron chi connectivity index (χ4n) is 8.61. The van der Waals surface area contributed by atoms with Crippen LogP contribution in [-0.2, 0) is 19.1 Å². The minimum Gasteiger partial charge on any atom is -0.453 e. The molecule has 2 saturated heterocycles. The number of alkyl halides is 1. The molecule has 0 saturated carbocycles. The highest BCUT2D eigenvalue weighted by Gasteiger charge is 2.42. The summed E-state index contributed by atoms with van der Waals surface area (Å²) >= 11 is 1.66. The van der Waals surface area contributed by atoms with Crippen molar-refractivity contribution in [3.63, 3.8) is 0 Å². The average molecular weight is 863 g/mol. The molecule has 2 aliphatic heterocycles. The highest BCUT2D eigenvalue weighted by molar-refractivity contribution is 7.19. The zero-order valence-corrected chi connectivity index (χ0v) is 36.3. The van der Waals surface area contributed by atoms with Gasteiger partial charge in [0.2, 0.25) is 11.8 Å². The summed E-state index contributed by atoms with van der Waals surface area (Å²) in [6, 6.07) is 22.0. The zero-order chi connectivity index (χ0) is 43.8. The number of fused-ring (bicyclic) bond motifs is 2. The quantitative estimate of drug-likeness (QED) is 0.100. The average Bonchev–Trinajstić information content (AvgIpc) is 4.12. The Hall–Kier alpha value is -6.29. The lowest BCUT2D eigenvalue weighted by atomic mass is 10.0. The van der Waals surface area contributed by atoms with Gasteiger partial charge in [-0.05, 0) is 71.7 Å². The Morgan fingerprint density at radius 1 is 0.742 bits per heavy atom. The third-order valence-corrected chi connectivity index (χ3v) is 13.1. The van der Waals surface area contributed by atoms with E-state index in [0.29, 0.717) is 23.7 Å². The molecule has 14 nitrogen and oxygen atoms in total. The van der Waals surface area contributed by atoms with Crippen molar-refractivity contribution in [3.05, 3.63) is 84.4 Å². The first-order valence-electron chi connectivity index (χ1n) is 21.0. The maximum absolute atomic E-state index is 15.1. The van der Waals surface area contributed by atoms with Gasteiger partial charge in [-0.2, -0.15) is 0 Å². The third kappa shape index (κ3) is 8.35. The van der Waals surface area contributed by atoms with Crippen LogP contribution < -0.4 is 10.6 Å². The van der Waals surface area contributed by atoms with Crippen LogP contribution >= 0.6 is 11.3 Å². The lowest BCUT2D eigenvalue weighted by Crippen LogP contribution is -2.51. The van der Waals surface area contributed by atoms with Crippen molar-refractivity contribution in [2.75, 3.05) is 27.3 Å². The molecule has 62 heavy (non-hydrogen) atoms. The van der Waals surface area contributed by atoms with Gasteiger partial charge < -0.3 is 39.9 Å². The fraction of sp³-hybridized carbons (Fsp3) is 0.391. The van der Waals surface area contributed by atoms with Crippen LogP contribution in [0.2, 0.25) is 0 Å². The first kappa shape index (κ1) is 42.4. The number of likely N-dealkylation sites (tertiary alicyclic amines) is 2. The molecule has 8 rings (SSSR count). The Bertz CT molecular complexity index is 2620. The molecule has 0 bridgehead atoms. The van der Waals surface area contributed by atoms with E-state index in [9.17, 15) is 19.2 Å². The van der Waals surface area contributed by atoms with Gasteiger partial charge in [-0.25, -0.2) is 23.9 Å². The number of carbonyl (C=O) groups excluding carboxylic acids is 4. The molecule has 0 spiro atoms. The number of halogens is 1. The summed E-state index contributed by atoms with van der Waals surface area (Å²) in [5, 5.41) is 5.33. The summed E-state index contributed by atoms with van der Waals surface area (Å²) in [4.78, 5) is 73.8. The molecular weight excluding hydrogens is 812 g/mol. The van der Waals surface area contributed by atoms with Crippen molar-refractivity contribution in [1.82, 2.24) is 40.4 Å². The van der Waals surface area contributed by atoms with Crippen LogP contribution in [0.15, 0.2) is 72.8 Å². The van der Waals surface area contributed by atoms with Gasteiger partial charge in [0.15, 0.2) is 0 Å². The molecular formula is C46H51FN8O6S. The number of hydrogen-bond donors (Lipinski definition) is 4. The number of nitrogens with one attached hydrogen (secondary N) is 4. The van der Waals surface area contributed by atoms with E-state index < -0.39 is 36.5 Å². The normalized spacial score (nSPS) is 18.8. The van der Waals surface area contributed by atoms with E-state index in [-0.39, 0.29) is 42.7 Å². The second kappa shape index (κ2) is 17.6. The summed E-state index contributed by atoms with van der Waals surface area (Å²) in [5.41, 5.74) is 7.16. The van der Waals surface area contributed by atoms with Crippen molar-refractivity contribution in [3.8, 4) is 32.0 Å². The van der Waals surface area contributed by atoms with Crippen molar-refractivity contribution < 1.29 is 33.0 Å². The van der Waals surface area contributed by atoms with Gasteiger partial charge in [0.1, 0.15) is 29.9 Å². The van der Waals surface area contributed by atoms with E-state index in [4.69, 9.17) is 19.4 Å². The number of rotatable bonds is 11. The molecule has 16 heteroatoms. The summed E-state index contributed by atoms with van der Waals surface area (Å²) in [7, 11) is 2.52. The maximum Gasteiger partial charge on any atom is 0.407 e. The standard InChI is InChI=1S/C46H51FN8O6S/c1-24(2)38(52-45(58)60-5)43(56)54-18-10-13-35(54)41-48-31-16-14-27(19-33(31)50-41)37-22-30(26-11-8-7-9-12-26)40(62-37)28-15-17-32-34(20-28)51-42(49-32)36-21-29(47)23-55(36)44(57)39(25(3)4)53-46(59)61-6/h7-9,11-12,14-17,19-20,22,24-25,29,35-36,38-39H,10,13,18,21,23H2,1-6H3,(H,48,50)(H,49,51)(H,52,58)(H,53,59). The summed E-state index contributed by atoms with van der Waals surface area (Å²) in [5.74, 6) is 0.249. The van der Waals surface area contributed by atoms with Crippen LogP contribution in [0, 0.1) is 11.8 Å². The zero-order valence-electron chi connectivity index (χ0n) is 35.5. The lowest BCUT2D eigenvalue weighted by Gasteiger charge is -2.29. The van der Waals surface area contributed by atoms with E-state index in [0.717, 1.165) is 61.4 Å². The molecule has 6 aromatic rings.